The van der Waals surface area contributed by atoms with Gasteiger partial charge in [0.1, 0.15) is 5.82 Å². The van der Waals surface area contributed by atoms with Gasteiger partial charge in [0, 0.05) is 35.0 Å². The quantitative estimate of drug-likeness (QED) is 0.464. The van der Waals surface area contributed by atoms with Crippen molar-refractivity contribution in [3.05, 3.63) is 90.0 Å². The summed E-state index contributed by atoms with van der Waals surface area (Å²) in [5, 5.41) is 6.89. The molecule has 0 unspecified atom stereocenters. The molecule has 2 aromatic heterocycles. The maximum atomic E-state index is 13.0. The molecule has 0 radical (unpaired) electrons. The number of benzene rings is 2. The Labute approximate surface area is 189 Å². The molecule has 33 heavy (non-hydrogen) atoms. The van der Waals surface area contributed by atoms with Crippen molar-refractivity contribution >= 4 is 18.2 Å². The second-order valence-electron chi connectivity index (χ2n) is 7.20. The van der Waals surface area contributed by atoms with E-state index in [0.29, 0.717) is 36.0 Å². The van der Waals surface area contributed by atoms with Crippen LogP contribution in [0, 0.1) is 0 Å². The first kappa shape index (κ1) is 21.6. The fraction of sp³-hybridized carbons (Fsp3) is 0.0833. The van der Waals surface area contributed by atoms with Gasteiger partial charge in [-0.05, 0) is 12.1 Å². The highest BCUT2D eigenvalue weighted by molar-refractivity contribution is 5.95. The second kappa shape index (κ2) is 9.65. The van der Waals surface area contributed by atoms with Gasteiger partial charge in [-0.2, -0.15) is 0 Å². The lowest BCUT2D eigenvalue weighted by molar-refractivity contribution is -0.122. The van der Waals surface area contributed by atoms with E-state index >= 15 is 0 Å². The number of nitrogen functional groups attached to an aromatic ring is 1. The number of nitrogens with two attached hydrogens (primary N) is 1. The highest BCUT2D eigenvalue weighted by atomic mass is 16.3. The molecule has 1 amide bonds. The molecule has 2 aromatic carbocycles. The van der Waals surface area contributed by atoms with E-state index in [-0.39, 0.29) is 12.4 Å². The zero-order valence-electron chi connectivity index (χ0n) is 17.5. The van der Waals surface area contributed by atoms with Gasteiger partial charge < -0.3 is 15.7 Å². The van der Waals surface area contributed by atoms with Gasteiger partial charge >= 0.3 is 0 Å². The molecule has 5 rings (SSSR count). The Morgan fingerprint density at radius 2 is 1.67 bits per heavy atom. The summed E-state index contributed by atoms with van der Waals surface area (Å²) in [5.41, 5.74) is 10.7. The molecule has 3 heterocycles. The van der Waals surface area contributed by atoms with Gasteiger partial charge in [-0.1, -0.05) is 42.5 Å². The zero-order chi connectivity index (χ0) is 23.2. The first-order valence-corrected chi connectivity index (χ1v) is 10.0. The van der Waals surface area contributed by atoms with Crippen molar-refractivity contribution in [1.82, 2.24) is 24.8 Å². The van der Waals surface area contributed by atoms with Gasteiger partial charge in [0.15, 0.2) is 5.82 Å². The number of nitrogens with zero attached hydrogens (tertiary/aromatic N) is 5. The van der Waals surface area contributed by atoms with E-state index in [9.17, 15) is 4.79 Å². The number of fused-ring (bicyclic) bond motifs is 1. The van der Waals surface area contributed by atoms with Gasteiger partial charge in [-0.25, -0.2) is 15.0 Å². The third-order valence-electron chi connectivity index (χ3n) is 5.06. The number of carbonyl (C=O) groups excluding carboxylic acids is 1. The maximum Gasteiger partial charge on any atom is 0.290 e. The number of rotatable bonds is 3. The molecule has 0 fully saturated rings. The smallest absolute Gasteiger partial charge is 0.290 e. The average Bonchev–Trinajstić information content (AvgIpc) is 3.28. The van der Waals surface area contributed by atoms with Crippen LogP contribution in [0.5, 0.6) is 0 Å². The van der Waals surface area contributed by atoms with E-state index in [2.05, 4.69) is 19.9 Å². The number of amides is 1. The van der Waals surface area contributed by atoms with Crippen LogP contribution in [0.4, 0.5) is 5.82 Å². The number of carboxylic acid groups (broad SMARTS) is 1. The van der Waals surface area contributed by atoms with Gasteiger partial charge in [-0.3, -0.25) is 14.6 Å². The van der Waals surface area contributed by atoms with Crippen LogP contribution in [0.15, 0.2) is 73.2 Å². The van der Waals surface area contributed by atoms with Crippen LogP contribution in [0.1, 0.15) is 21.6 Å². The Morgan fingerprint density at radius 1 is 0.939 bits per heavy atom. The largest absolute Gasteiger partial charge is 0.483 e. The van der Waals surface area contributed by atoms with E-state index < -0.39 is 0 Å². The lowest BCUT2D eigenvalue weighted by Gasteiger charge is -2.15. The predicted octanol–water partition coefficient (Wildman–Crippen LogP) is 3.04. The minimum atomic E-state index is -0.250. The molecule has 0 spiro atoms. The van der Waals surface area contributed by atoms with Crippen molar-refractivity contribution < 1.29 is 14.7 Å². The van der Waals surface area contributed by atoms with E-state index in [1.807, 2.05) is 48.7 Å². The molecule has 0 saturated carbocycles. The molecule has 0 bridgehead atoms. The monoisotopic (exact) mass is 440 g/mol. The standard InChI is InChI=1S/C23H18N6O.CH2O2/c24-21-12-25-11-19(27-21)15-6-8-17(9-7-15)23(30)29-13-18-10-26-22(28-20(18)14-29)16-4-2-1-3-5-16;2-1-3/h1-12H,13-14H2,(H2,24,27);1H,(H,2,3). The Hall–Kier alpha value is -4.66. The number of carbonyl (C=O) groups is 2. The Balaban J connectivity index is 0.000000821. The summed E-state index contributed by atoms with van der Waals surface area (Å²) in [7, 11) is 0. The SMILES string of the molecule is Nc1cncc(-c2ccc(C(=O)N3Cc4cnc(-c5ccccc5)nc4C3)cc2)n1.O=CO. The number of hydrogen-bond donors (Lipinski definition) is 2. The molecule has 3 N–H and O–H groups in total. The maximum absolute atomic E-state index is 13.0. The molecule has 1 aliphatic rings. The lowest BCUT2D eigenvalue weighted by Crippen LogP contribution is -2.25. The minimum Gasteiger partial charge on any atom is -0.483 e. The van der Waals surface area contributed by atoms with Crippen LogP contribution in [-0.4, -0.2) is 42.3 Å². The highest BCUT2D eigenvalue weighted by Crippen LogP contribution is 2.26. The number of anilines is 1. The molecule has 0 aliphatic carbocycles. The summed E-state index contributed by atoms with van der Waals surface area (Å²) < 4.78 is 0. The van der Waals surface area contributed by atoms with Crippen molar-refractivity contribution in [1.29, 1.82) is 0 Å². The van der Waals surface area contributed by atoms with Gasteiger partial charge in [-0.15, -0.1) is 0 Å². The fourth-order valence-electron chi connectivity index (χ4n) is 3.51. The first-order chi connectivity index (χ1) is 16.1. The van der Waals surface area contributed by atoms with Gasteiger partial charge in [0.2, 0.25) is 0 Å². The lowest BCUT2D eigenvalue weighted by atomic mass is 10.1. The van der Waals surface area contributed by atoms with Crippen LogP contribution in [0.2, 0.25) is 0 Å². The summed E-state index contributed by atoms with van der Waals surface area (Å²) >= 11 is 0. The third-order valence-corrected chi connectivity index (χ3v) is 5.06. The number of aromatic nitrogens is 4. The molecular weight excluding hydrogens is 420 g/mol. The van der Waals surface area contributed by atoms with Crippen molar-refractivity contribution in [2.45, 2.75) is 13.1 Å². The van der Waals surface area contributed by atoms with E-state index in [0.717, 1.165) is 22.4 Å². The van der Waals surface area contributed by atoms with Crippen molar-refractivity contribution in [3.63, 3.8) is 0 Å². The zero-order valence-corrected chi connectivity index (χ0v) is 17.5. The summed E-state index contributed by atoms with van der Waals surface area (Å²) in [6, 6.07) is 17.1. The highest BCUT2D eigenvalue weighted by Gasteiger charge is 2.26. The molecule has 0 atom stereocenters. The van der Waals surface area contributed by atoms with E-state index in [4.69, 9.17) is 15.6 Å². The van der Waals surface area contributed by atoms with Crippen LogP contribution >= 0.6 is 0 Å². The molecule has 1 aliphatic heterocycles. The minimum absolute atomic E-state index is 0.0422. The summed E-state index contributed by atoms with van der Waals surface area (Å²) in [4.78, 5) is 40.6. The van der Waals surface area contributed by atoms with E-state index in [1.54, 1.807) is 23.2 Å². The molecule has 164 valence electrons. The Bertz CT molecular complexity index is 1280. The van der Waals surface area contributed by atoms with Gasteiger partial charge in [0.05, 0.1) is 30.3 Å². The van der Waals surface area contributed by atoms with Crippen LogP contribution in [0.25, 0.3) is 22.6 Å². The summed E-state index contributed by atoms with van der Waals surface area (Å²) in [6.07, 6.45) is 4.96. The topological polar surface area (TPSA) is 135 Å². The molecule has 9 heteroatoms. The van der Waals surface area contributed by atoms with Crippen LogP contribution in [-0.2, 0) is 17.9 Å². The van der Waals surface area contributed by atoms with Crippen molar-refractivity contribution in [2.24, 2.45) is 0 Å². The molecule has 9 nitrogen and oxygen atoms in total. The van der Waals surface area contributed by atoms with E-state index in [1.165, 1.54) is 6.20 Å². The fourth-order valence-corrected chi connectivity index (χ4v) is 3.51. The predicted molar refractivity (Wildman–Crippen MR) is 122 cm³/mol. The normalized spacial score (nSPS) is 11.8. The first-order valence-electron chi connectivity index (χ1n) is 10.0. The molecule has 0 saturated heterocycles. The molecule has 4 aromatic rings. The summed E-state index contributed by atoms with van der Waals surface area (Å²) in [6.45, 7) is 0.727. The molecular formula is C24H20N6O3. The van der Waals surface area contributed by atoms with Crippen molar-refractivity contribution in [2.75, 3.05) is 5.73 Å². The Morgan fingerprint density at radius 3 is 2.36 bits per heavy atom. The Kier molecular flexibility index (Phi) is 6.31. The summed E-state index contributed by atoms with van der Waals surface area (Å²) in [5.74, 6) is 0.995. The third kappa shape index (κ3) is 4.82. The van der Waals surface area contributed by atoms with Gasteiger partial charge in [0.25, 0.3) is 12.4 Å². The second-order valence-corrected chi connectivity index (χ2v) is 7.20. The average molecular weight is 440 g/mol. The van der Waals surface area contributed by atoms with Crippen LogP contribution in [0.3, 0.4) is 0 Å². The van der Waals surface area contributed by atoms with Crippen LogP contribution < -0.4 is 5.73 Å². The number of hydrogen-bond acceptors (Lipinski definition) is 7. The van der Waals surface area contributed by atoms with Crippen molar-refractivity contribution in [3.8, 4) is 22.6 Å².